The van der Waals surface area contributed by atoms with E-state index in [4.69, 9.17) is 0 Å². The van der Waals surface area contributed by atoms with Crippen LogP contribution in [0.15, 0.2) is 88.7 Å². The lowest BCUT2D eigenvalue weighted by Crippen LogP contribution is -2.17. The van der Waals surface area contributed by atoms with Crippen LogP contribution >= 0.6 is 0 Å². The van der Waals surface area contributed by atoms with Gasteiger partial charge in [0.25, 0.3) is 0 Å². The molecule has 3 aromatic carbocycles. The van der Waals surface area contributed by atoms with Crippen molar-refractivity contribution in [2.75, 3.05) is 12.5 Å². The molecule has 5 rings (SSSR count). The van der Waals surface area contributed by atoms with Crippen molar-refractivity contribution in [1.82, 2.24) is 4.57 Å². The van der Waals surface area contributed by atoms with Gasteiger partial charge in [-0.05, 0) is 66.6 Å². The van der Waals surface area contributed by atoms with Crippen LogP contribution < -0.4 is 0 Å². The van der Waals surface area contributed by atoms with Gasteiger partial charge in [-0.25, -0.2) is 16.8 Å². The number of hydrogen-bond acceptors (Lipinski definition) is 6. The Morgan fingerprint density at radius 1 is 0.703 bits per heavy atom. The third-order valence-corrected chi connectivity index (χ3v) is 8.80. The minimum atomic E-state index is -3.41. The molecule has 188 valence electrons. The first-order valence-corrected chi connectivity index (χ1v) is 15.2. The fourth-order valence-electron chi connectivity index (χ4n) is 4.64. The molecule has 0 amide bonds. The quantitative estimate of drug-likeness (QED) is 0.347. The third kappa shape index (κ3) is 4.56. The topological polar surface area (TPSA) is 107 Å². The monoisotopic (exact) mass is 533 g/mol. The van der Waals surface area contributed by atoms with E-state index in [9.17, 15) is 26.4 Å². The van der Waals surface area contributed by atoms with Crippen LogP contribution in [0.3, 0.4) is 0 Å². The summed E-state index contributed by atoms with van der Waals surface area (Å²) in [4.78, 5) is 27.5. The lowest BCUT2D eigenvalue weighted by Gasteiger charge is -2.22. The summed E-state index contributed by atoms with van der Waals surface area (Å²) in [5.74, 6) is -0.654. The van der Waals surface area contributed by atoms with Crippen molar-refractivity contribution >= 4 is 31.2 Å². The maximum absolute atomic E-state index is 13.7. The summed E-state index contributed by atoms with van der Waals surface area (Å²) in [5, 5.41) is 0. The van der Waals surface area contributed by atoms with Crippen LogP contribution in [0.4, 0.5) is 0 Å². The minimum absolute atomic E-state index is 0.113. The van der Waals surface area contributed by atoms with Crippen LogP contribution in [0.5, 0.6) is 0 Å². The van der Waals surface area contributed by atoms with Crippen molar-refractivity contribution in [1.29, 1.82) is 0 Å². The first-order chi connectivity index (χ1) is 17.4. The molecule has 0 saturated carbocycles. The van der Waals surface area contributed by atoms with Crippen molar-refractivity contribution in [2.45, 2.75) is 22.8 Å². The van der Waals surface area contributed by atoms with Crippen molar-refractivity contribution < 1.29 is 26.4 Å². The Morgan fingerprint density at radius 3 is 1.76 bits per heavy atom. The van der Waals surface area contributed by atoms with E-state index in [2.05, 4.69) is 0 Å². The van der Waals surface area contributed by atoms with Crippen molar-refractivity contribution in [2.24, 2.45) is 0 Å². The van der Waals surface area contributed by atoms with Crippen LogP contribution in [0, 0.1) is 0 Å². The number of aromatic nitrogens is 1. The smallest absolute Gasteiger partial charge is 0.209 e. The number of ketones is 2. The standard InChI is InChI=1S/C28H23NO6S2/c1-36(32,33)21-11-7-19(8-12-21)27(30)24-17-25(28(31)20-9-13-22(14-10-20)37(2,34)35)29-16-15-18-5-3-4-6-23(18)26(24)29/h3-14,17H,15-16H2,1-2H3. The van der Waals surface area contributed by atoms with E-state index in [-0.39, 0.29) is 21.4 Å². The van der Waals surface area contributed by atoms with E-state index in [0.717, 1.165) is 23.6 Å². The Morgan fingerprint density at radius 2 is 1.22 bits per heavy atom. The molecule has 0 aliphatic carbocycles. The van der Waals surface area contributed by atoms with E-state index in [1.807, 2.05) is 28.8 Å². The highest BCUT2D eigenvalue weighted by Gasteiger charge is 2.29. The van der Waals surface area contributed by atoms with Gasteiger partial charge in [0.2, 0.25) is 5.78 Å². The molecule has 0 fully saturated rings. The maximum Gasteiger partial charge on any atom is 0.209 e. The Hall–Kier alpha value is -3.82. The largest absolute Gasteiger partial charge is 0.337 e. The predicted octanol–water partition coefficient (Wildman–Crippen LogP) is 3.98. The summed E-state index contributed by atoms with van der Waals surface area (Å²) in [6.45, 7) is 0.495. The molecule has 0 radical (unpaired) electrons. The zero-order chi connectivity index (χ0) is 26.5. The van der Waals surface area contributed by atoms with Gasteiger partial charge in [-0.2, -0.15) is 0 Å². The molecule has 0 bridgehead atoms. The third-order valence-electron chi connectivity index (χ3n) is 6.54. The number of benzene rings is 3. The number of sulfone groups is 2. The van der Waals surface area contributed by atoms with E-state index < -0.39 is 19.7 Å². The SMILES string of the molecule is CS(=O)(=O)c1ccc(C(=O)c2cc(C(=O)c3ccc(S(C)(=O)=O)cc3)n3c2-c2ccccc2CC3)cc1. The zero-order valence-corrected chi connectivity index (χ0v) is 21.8. The first kappa shape index (κ1) is 24.9. The van der Waals surface area contributed by atoms with Gasteiger partial charge in [0.1, 0.15) is 0 Å². The van der Waals surface area contributed by atoms with Crippen molar-refractivity contribution in [3.05, 3.63) is 107 Å². The molecular formula is C28H23NO6S2. The first-order valence-electron chi connectivity index (χ1n) is 11.5. The summed E-state index contributed by atoms with van der Waals surface area (Å²) < 4.78 is 49.2. The average molecular weight is 534 g/mol. The molecule has 7 nitrogen and oxygen atoms in total. The van der Waals surface area contributed by atoms with Crippen LogP contribution in [0.25, 0.3) is 11.3 Å². The fourth-order valence-corrected chi connectivity index (χ4v) is 5.91. The van der Waals surface area contributed by atoms with Gasteiger partial charge < -0.3 is 4.57 Å². The van der Waals surface area contributed by atoms with E-state index in [1.165, 1.54) is 48.5 Å². The summed E-state index contributed by atoms with van der Waals surface area (Å²) >= 11 is 0. The van der Waals surface area contributed by atoms with Crippen molar-refractivity contribution in [3.63, 3.8) is 0 Å². The summed E-state index contributed by atoms with van der Waals surface area (Å²) in [6, 6.07) is 20.8. The lowest BCUT2D eigenvalue weighted by atomic mass is 9.94. The minimum Gasteiger partial charge on any atom is -0.337 e. The molecule has 1 aromatic heterocycles. The maximum atomic E-state index is 13.7. The van der Waals surface area contributed by atoms with Gasteiger partial charge in [-0.1, -0.05) is 24.3 Å². The highest BCUT2D eigenvalue weighted by atomic mass is 32.2. The second kappa shape index (κ2) is 8.93. The van der Waals surface area contributed by atoms with E-state index in [1.54, 1.807) is 6.07 Å². The molecule has 9 heteroatoms. The molecule has 0 atom stereocenters. The molecule has 4 aromatic rings. The molecule has 0 N–H and O–H groups in total. The average Bonchev–Trinajstić information content (AvgIpc) is 3.27. The second-order valence-electron chi connectivity index (χ2n) is 9.10. The number of carbonyl (C=O) groups excluding carboxylic acids is 2. The van der Waals surface area contributed by atoms with Crippen molar-refractivity contribution in [3.8, 4) is 11.3 Å². The number of fused-ring (bicyclic) bond motifs is 3. The van der Waals surface area contributed by atoms with Gasteiger partial charge in [-0.3, -0.25) is 9.59 Å². The van der Waals surface area contributed by atoms with Gasteiger partial charge in [0.05, 0.1) is 21.2 Å². The Bertz CT molecular complexity index is 1780. The number of nitrogens with zero attached hydrogens (tertiary/aromatic N) is 1. The number of aryl methyl sites for hydroxylation is 1. The van der Waals surface area contributed by atoms with E-state index in [0.29, 0.717) is 41.0 Å². The van der Waals surface area contributed by atoms with E-state index >= 15 is 0 Å². The van der Waals surface area contributed by atoms with Crippen LogP contribution in [0.2, 0.25) is 0 Å². The van der Waals surface area contributed by atoms with Crippen LogP contribution in [-0.2, 0) is 32.6 Å². The molecule has 0 unspecified atom stereocenters. The molecule has 2 heterocycles. The Labute approximate surface area is 215 Å². The molecule has 1 aliphatic rings. The summed E-state index contributed by atoms with van der Waals surface area (Å²) in [6.07, 6.45) is 2.89. The Balaban J connectivity index is 1.64. The molecule has 0 saturated heterocycles. The number of hydrogen-bond donors (Lipinski definition) is 0. The zero-order valence-electron chi connectivity index (χ0n) is 20.1. The van der Waals surface area contributed by atoms with Gasteiger partial charge in [-0.15, -0.1) is 0 Å². The summed E-state index contributed by atoms with van der Waals surface area (Å²) in [7, 11) is -6.82. The number of carbonyl (C=O) groups is 2. The predicted molar refractivity (Wildman–Crippen MR) is 140 cm³/mol. The van der Waals surface area contributed by atoms with Crippen LogP contribution in [-0.4, -0.2) is 45.5 Å². The second-order valence-corrected chi connectivity index (χ2v) is 13.1. The lowest BCUT2D eigenvalue weighted by molar-refractivity contribution is 0.102. The van der Waals surface area contributed by atoms with Gasteiger partial charge in [0, 0.05) is 41.3 Å². The molecular weight excluding hydrogens is 510 g/mol. The normalized spacial score (nSPS) is 13.0. The molecule has 37 heavy (non-hydrogen) atoms. The Kier molecular flexibility index (Phi) is 6.00. The molecule has 1 aliphatic heterocycles. The van der Waals surface area contributed by atoms with Crippen LogP contribution in [0.1, 0.15) is 37.5 Å². The summed E-state index contributed by atoms with van der Waals surface area (Å²) in [5.41, 5.74) is 3.84. The molecule has 0 spiro atoms. The highest BCUT2D eigenvalue weighted by Crippen LogP contribution is 2.36. The van der Waals surface area contributed by atoms with Gasteiger partial charge >= 0.3 is 0 Å². The fraction of sp³-hybridized carbons (Fsp3) is 0.143. The highest BCUT2D eigenvalue weighted by molar-refractivity contribution is 7.91. The number of rotatable bonds is 6. The van der Waals surface area contributed by atoms with Gasteiger partial charge in [0.15, 0.2) is 25.5 Å².